The van der Waals surface area contributed by atoms with Crippen LogP contribution in [0.2, 0.25) is 0 Å². The molecule has 7 heterocycles. The van der Waals surface area contributed by atoms with Crippen LogP contribution in [0.5, 0.6) is 0 Å². The standard InChI is InChI=1S/C22H23N5O3S2.C18H24N4O.C15H11F3N4O3S2/c1-2-3-10-17-26-19-20(15-8-4-5-9-16(15)25-21(19)23)27(17)30-22(28)29-13-14-31-32-18-11-6-7-12-24-18;1-4-5-10-14-21-15-16(22(14)11-18(2,3)23)12-8-6-7-9-13(12)20-17(15)19;16-15(17,18)10-4-5-11-12(9-10)22(21-20-11)25-14(23)24-7-8-26-27-13-3-1-2-6-19-13/h4-9,11-12H,2-3,10,13-14H2,1H3,(H2,23,25);6-9,23H,4-5,10-11H2,1-3H3,(H2,19,20);1-6,9H,7-8H2. The number of hydrogen-bond acceptors (Lipinski definition) is 21. The van der Waals surface area contributed by atoms with Crippen LogP contribution in [-0.2, 0) is 35.0 Å². The second kappa shape index (κ2) is 28.4. The zero-order chi connectivity index (χ0) is 58.2. The van der Waals surface area contributed by atoms with E-state index in [9.17, 15) is 27.9 Å². The van der Waals surface area contributed by atoms with Crippen LogP contribution in [0, 0.1) is 0 Å². The average Bonchev–Trinajstić information content (AvgIpc) is 4.37. The lowest BCUT2D eigenvalue weighted by Crippen LogP contribution is -2.27. The molecule has 0 aliphatic carbocycles. The summed E-state index contributed by atoms with van der Waals surface area (Å²) in [5.41, 5.74) is 15.0. The summed E-state index contributed by atoms with van der Waals surface area (Å²) in [5, 5.41) is 21.0. The van der Waals surface area contributed by atoms with E-state index in [-0.39, 0.29) is 24.2 Å². The number of carbonyl (C=O) groups is 2. The molecule has 0 saturated heterocycles. The largest absolute Gasteiger partial charge is 0.535 e. The lowest BCUT2D eigenvalue weighted by molar-refractivity contribution is -0.137. The van der Waals surface area contributed by atoms with Crippen molar-refractivity contribution in [3.05, 3.63) is 133 Å². The Kier molecular flexibility index (Phi) is 21.0. The van der Waals surface area contributed by atoms with Crippen LogP contribution in [0.15, 0.2) is 126 Å². The SMILES string of the molecule is CCCCc1nc2c(N)nc3ccccc3c2n1CC(C)(C)O.CCCCc1nc2c(N)nc3ccccc3c2n1OC(=O)OCCSSc1ccccn1.O=C(OCCSSc1ccccn1)On1nnc2ccc(C(F)(F)F)cc21. The third-order valence-corrected chi connectivity index (χ3v) is 16.2. The number of pyridine rings is 4. The number of aryl methyl sites for hydroxylation is 2. The molecular formula is C55H58F3N13O7S4. The van der Waals surface area contributed by atoms with Gasteiger partial charge in [-0.3, -0.25) is 9.68 Å². The van der Waals surface area contributed by atoms with Gasteiger partial charge >= 0.3 is 18.5 Å². The first-order chi connectivity index (χ1) is 39.5. The van der Waals surface area contributed by atoms with Crippen molar-refractivity contribution in [1.82, 2.24) is 54.4 Å². The van der Waals surface area contributed by atoms with Crippen molar-refractivity contribution in [2.75, 3.05) is 36.2 Å². The first kappa shape index (κ1) is 60.5. The maximum absolute atomic E-state index is 12.8. The molecule has 0 aliphatic rings. The monoisotopic (exact) mass is 1200 g/mol. The number of unbranched alkanes of at least 4 members (excludes halogenated alkanes) is 2. The van der Waals surface area contributed by atoms with E-state index in [4.69, 9.17) is 35.6 Å². The molecule has 0 bridgehead atoms. The van der Waals surface area contributed by atoms with Crippen LogP contribution >= 0.6 is 43.2 Å². The second-order valence-corrected chi connectivity index (χ2v) is 23.4. The van der Waals surface area contributed by atoms with Crippen LogP contribution in [-0.4, -0.2) is 102 Å². The minimum atomic E-state index is -4.54. The number of alkyl halides is 3. The fourth-order valence-electron chi connectivity index (χ4n) is 8.06. The molecule has 82 heavy (non-hydrogen) atoms. The summed E-state index contributed by atoms with van der Waals surface area (Å²) in [6.07, 6.45) is 2.54. The van der Waals surface area contributed by atoms with Gasteiger partial charge in [0.05, 0.1) is 34.3 Å². The number of ether oxygens (including phenoxy) is 2. The molecule has 0 saturated carbocycles. The molecule has 0 aliphatic heterocycles. The van der Waals surface area contributed by atoms with Crippen molar-refractivity contribution < 1.29 is 47.0 Å². The van der Waals surface area contributed by atoms with Gasteiger partial charge in [0.2, 0.25) is 0 Å². The summed E-state index contributed by atoms with van der Waals surface area (Å²) in [6.45, 7) is 8.62. The van der Waals surface area contributed by atoms with Gasteiger partial charge in [0.1, 0.15) is 62.5 Å². The third kappa shape index (κ3) is 16.1. The molecule has 0 amide bonds. The Labute approximate surface area is 484 Å². The molecule has 0 atom stereocenters. The second-order valence-electron chi connectivity index (χ2n) is 18.6. The number of fused-ring (bicyclic) bond motifs is 7. The number of rotatable bonds is 20. The van der Waals surface area contributed by atoms with Gasteiger partial charge in [-0.1, -0.05) is 102 Å². The fourth-order valence-corrected chi connectivity index (χ4v) is 11.5. The normalized spacial score (nSPS) is 11.6. The molecule has 5 N–H and O–H groups in total. The van der Waals surface area contributed by atoms with E-state index in [2.05, 4.69) is 53.6 Å². The van der Waals surface area contributed by atoms with Gasteiger partial charge in [0, 0.05) is 47.5 Å². The van der Waals surface area contributed by atoms with E-state index in [0.717, 1.165) is 93.5 Å². The van der Waals surface area contributed by atoms with Gasteiger partial charge in [-0.2, -0.15) is 17.9 Å². The van der Waals surface area contributed by atoms with Gasteiger partial charge in [0.25, 0.3) is 0 Å². The molecule has 0 spiro atoms. The summed E-state index contributed by atoms with van der Waals surface area (Å²) >= 11 is 0. The van der Waals surface area contributed by atoms with Gasteiger partial charge in [-0.05, 0) is 108 Å². The molecule has 7 aromatic heterocycles. The van der Waals surface area contributed by atoms with Crippen LogP contribution in [0.4, 0.5) is 34.4 Å². The summed E-state index contributed by atoms with van der Waals surface area (Å²) in [5.74, 6) is 3.40. The number of nitrogens with two attached hydrogens (primary N) is 2. The van der Waals surface area contributed by atoms with Gasteiger partial charge in [-0.25, -0.2) is 39.5 Å². The fraction of sp³-hybridized carbons (Fsp3) is 0.309. The van der Waals surface area contributed by atoms with Crippen molar-refractivity contribution in [3.8, 4) is 0 Å². The van der Waals surface area contributed by atoms with Crippen LogP contribution in [0.25, 0.3) is 54.9 Å². The molecule has 27 heteroatoms. The number of anilines is 2. The molecule has 0 fully saturated rings. The van der Waals surface area contributed by atoms with E-state index >= 15 is 0 Å². The van der Waals surface area contributed by atoms with E-state index in [0.29, 0.717) is 63.3 Å². The Balaban J connectivity index is 0.000000163. The maximum Gasteiger partial charge on any atom is 0.535 e. The highest BCUT2D eigenvalue weighted by atomic mass is 33.1. The first-order valence-electron chi connectivity index (χ1n) is 25.9. The van der Waals surface area contributed by atoms with Crippen molar-refractivity contribution in [2.24, 2.45) is 0 Å². The van der Waals surface area contributed by atoms with Gasteiger partial charge in [0.15, 0.2) is 11.6 Å². The quantitative estimate of drug-likeness (QED) is 0.0277. The van der Waals surface area contributed by atoms with Crippen LogP contribution in [0.1, 0.15) is 70.6 Å². The minimum Gasteiger partial charge on any atom is -0.432 e. The third-order valence-electron chi connectivity index (χ3n) is 11.7. The highest BCUT2D eigenvalue weighted by molar-refractivity contribution is 8.77. The van der Waals surface area contributed by atoms with Crippen molar-refractivity contribution in [1.29, 1.82) is 0 Å². The number of hydrogen-bond donors (Lipinski definition) is 3. The zero-order valence-corrected chi connectivity index (χ0v) is 48.3. The average molecular weight is 1200 g/mol. The molecule has 20 nitrogen and oxygen atoms in total. The number of imidazole rings is 2. The lowest BCUT2D eigenvalue weighted by atomic mass is 10.1. The topological polar surface area (TPSA) is 261 Å². The summed E-state index contributed by atoms with van der Waals surface area (Å²) in [7, 11) is 5.93. The number of para-hydroxylation sites is 2. The van der Waals surface area contributed by atoms with Gasteiger partial charge < -0.3 is 30.6 Å². The lowest BCUT2D eigenvalue weighted by Gasteiger charge is -2.20. The molecule has 0 radical (unpaired) electrons. The number of halogens is 3. The molecule has 10 aromatic rings. The van der Waals surface area contributed by atoms with E-state index in [1.165, 1.54) is 37.1 Å². The summed E-state index contributed by atoms with van der Waals surface area (Å²) in [6, 6.07) is 29.5. The Bertz CT molecular complexity index is 3760. The maximum atomic E-state index is 12.8. The molecule has 3 aromatic carbocycles. The minimum absolute atomic E-state index is 0.0454. The summed E-state index contributed by atoms with van der Waals surface area (Å²) < 4.78 is 52.1. The highest BCUT2D eigenvalue weighted by Crippen LogP contribution is 2.34. The Morgan fingerprint density at radius 3 is 1.72 bits per heavy atom. The van der Waals surface area contributed by atoms with Crippen LogP contribution in [0.3, 0.4) is 0 Å². The number of carbonyl (C=O) groups excluding carboxylic acids is 2. The smallest absolute Gasteiger partial charge is 0.432 e. The molecule has 430 valence electrons. The van der Waals surface area contributed by atoms with Crippen molar-refractivity contribution >= 4 is 122 Å². The summed E-state index contributed by atoms with van der Waals surface area (Å²) in [4.78, 5) is 61.8. The Hall–Kier alpha value is -7.59. The van der Waals surface area contributed by atoms with Crippen LogP contribution < -0.4 is 21.1 Å². The first-order valence-corrected chi connectivity index (χ1v) is 30.5. The Morgan fingerprint density at radius 2 is 1.17 bits per heavy atom. The zero-order valence-electron chi connectivity index (χ0n) is 45.0. The predicted molar refractivity (Wildman–Crippen MR) is 316 cm³/mol. The number of nitrogens with zero attached hydrogens (tertiary/aromatic N) is 11. The van der Waals surface area contributed by atoms with E-state index in [1.54, 1.807) is 29.3 Å². The molecular weight excluding hydrogens is 1140 g/mol. The van der Waals surface area contributed by atoms with Crippen molar-refractivity contribution in [2.45, 2.75) is 94.6 Å². The number of aliphatic hydroxyl groups is 1. The predicted octanol–water partition coefficient (Wildman–Crippen LogP) is 12.0. The van der Waals surface area contributed by atoms with Gasteiger partial charge in [-0.15, -0.1) is 5.10 Å². The number of benzene rings is 3. The highest BCUT2D eigenvalue weighted by Gasteiger charge is 2.31. The van der Waals surface area contributed by atoms with Crippen molar-refractivity contribution in [3.63, 3.8) is 0 Å². The van der Waals surface area contributed by atoms with E-state index in [1.807, 2.05) is 92.7 Å². The number of nitrogen functional groups attached to an aromatic ring is 2. The molecule has 0 unspecified atom stereocenters. The van der Waals surface area contributed by atoms with E-state index < -0.39 is 29.7 Å². The number of aromatic nitrogens is 11. The Morgan fingerprint density at radius 1 is 0.646 bits per heavy atom. The molecule has 10 rings (SSSR count).